The molecule has 1 saturated carbocycles. The first-order valence-corrected chi connectivity index (χ1v) is 7.70. The minimum Gasteiger partial charge on any atom is -0.328 e. The maximum Gasteiger partial charge on any atom is 0.247 e. The van der Waals surface area contributed by atoms with Crippen LogP contribution in [0.2, 0.25) is 0 Å². The normalized spacial score (nSPS) is 17.6. The lowest BCUT2D eigenvalue weighted by molar-refractivity contribution is 0.495. The van der Waals surface area contributed by atoms with Crippen molar-refractivity contribution in [3.8, 4) is 0 Å². The quantitative estimate of drug-likeness (QED) is 0.816. The van der Waals surface area contributed by atoms with Crippen LogP contribution in [-0.4, -0.2) is 19.4 Å². The van der Waals surface area contributed by atoms with E-state index >= 15 is 0 Å². The molecule has 1 heterocycles. The van der Waals surface area contributed by atoms with Crippen molar-refractivity contribution in [1.82, 2.24) is 9.71 Å². The van der Waals surface area contributed by atoms with Crippen LogP contribution in [0.5, 0.6) is 0 Å². The van der Waals surface area contributed by atoms with Crippen LogP contribution >= 0.6 is 0 Å². The molecular formula is C12H18N2O3S. The van der Waals surface area contributed by atoms with E-state index in [-0.39, 0.29) is 16.5 Å². The van der Waals surface area contributed by atoms with Gasteiger partial charge >= 0.3 is 0 Å². The van der Waals surface area contributed by atoms with Crippen molar-refractivity contribution in [3.63, 3.8) is 0 Å². The highest BCUT2D eigenvalue weighted by molar-refractivity contribution is 7.89. The maximum atomic E-state index is 12.1. The summed E-state index contributed by atoms with van der Waals surface area (Å²) in [6.07, 6.45) is 5.32. The molecule has 5 nitrogen and oxygen atoms in total. The van der Waals surface area contributed by atoms with Gasteiger partial charge in [-0.3, -0.25) is 4.79 Å². The molecule has 1 aromatic rings. The van der Waals surface area contributed by atoms with Crippen molar-refractivity contribution in [1.29, 1.82) is 0 Å². The summed E-state index contributed by atoms with van der Waals surface area (Å²) in [4.78, 5) is 13.4. The molecule has 1 aliphatic carbocycles. The summed E-state index contributed by atoms with van der Waals surface area (Å²) in [6.45, 7) is 1.97. The Morgan fingerprint density at radius 3 is 2.67 bits per heavy atom. The highest BCUT2D eigenvalue weighted by Gasteiger charge is 2.27. The number of hydrogen-bond acceptors (Lipinski definition) is 3. The van der Waals surface area contributed by atoms with Crippen molar-refractivity contribution < 1.29 is 8.42 Å². The fraction of sp³-hybridized carbons (Fsp3) is 0.583. The van der Waals surface area contributed by atoms with Crippen LogP contribution in [0.4, 0.5) is 0 Å². The summed E-state index contributed by atoms with van der Waals surface area (Å²) in [7, 11) is -3.53. The largest absolute Gasteiger partial charge is 0.328 e. The number of hydrogen-bond donors (Lipinski definition) is 2. The molecule has 0 aromatic carbocycles. The van der Waals surface area contributed by atoms with Gasteiger partial charge in [-0.15, -0.1) is 0 Å². The zero-order chi connectivity index (χ0) is 13.2. The first kappa shape index (κ1) is 13.3. The molecule has 0 saturated heterocycles. The third-order valence-electron chi connectivity index (χ3n) is 3.20. The monoisotopic (exact) mass is 270 g/mol. The Bertz CT molecular complexity index is 540. The molecule has 1 aliphatic rings. The van der Waals surface area contributed by atoms with Gasteiger partial charge in [-0.05, 0) is 24.8 Å². The molecule has 1 aromatic heterocycles. The number of pyridine rings is 1. The summed E-state index contributed by atoms with van der Waals surface area (Å²) < 4.78 is 26.9. The van der Waals surface area contributed by atoms with Crippen molar-refractivity contribution in [2.45, 2.75) is 43.5 Å². The van der Waals surface area contributed by atoms with E-state index < -0.39 is 10.0 Å². The molecule has 6 heteroatoms. The smallest absolute Gasteiger partial charge is 0.247 e. The number of aromatic amines is 1. The zero-order valence-corrected chi connectivity index (χ0v) is 11.2. The van der Waals surface area contributed by atoms with Crippen LogP contribution < -0.4 is 10.3 Å². The first-order chi connectivity index (χ1) is 8.51. The Balaban J connectivity index is 2.09. The molecule has 0 aliphatic heterocycles. The van der Waals surface area contributed by atoms with E-state index in [1.54, 1.807) is 0 Å². The lowest BCUT2D eigenvalue weighted by Gasteiger charge is -2.16. The van der Waals surface area contributed by atoms with Gasteiger partial charge in [0.05, 0.1) is 4.90 Å². The number of aromatic nitrogens is 1. The maximum absolute atomic E-state index is 12.1. The molecular weight excluding hydrogens is 252 g/mol. The second kappa shape index (κ2) is 5.24. The van der Waals surface area contributed by atoms with Gasteiger partial charge in [0.25, 0.3) is 0 Å². The molecule has 1 atom stereocenters. The number of sulfonamides is 1. The van der Waals surface area contributed by atoms with Crippen LogP contribution in [0.15, 0.2) is 28.0 Å². The van der Waals surface area contributed by atoms with Gasteiger partial charge in [0.2, 0.25) is 15.6 Å². The van der Waals surface area contributed by atoms with E-state index in [1.807, 2.05) is 6.92 Å². The predicted octanol–water partition coefficient (Wildman–Crippen LogP) is 1.23. The van der Waals surface area contributed by atoms with Crippen molar-refractivity contribution >= 4 is 10.0 Å². The fourth-order valence-electron chi connectivity index (χ4n) is 1.90. The number of H-pyrrole nitrogens is 1. The Morgan fingerprint density at radius 1 is 1.44 bits per heavy atom. The van der Waals surface area contributed by atoms with Crippen LogP contribution in [-0.2, 0) is 10.0 Å². The Hall–Kier alpha value is -1.14. The third-order valence-corrected chi connectivity index (χ3v) is 4.71. The van der Waals surface area contributed by atoms with Crippen molar-refractivity contribution in [2.24, 2.45) is 5.92 Å². The van der Waals surface area contributed by atoms with E-state index in [2.05, 4.69) is 9.71 Å². The van der Waals surface area contributed by atoms with E-state index in [0.29, 0.717) is 5.92 Å². The van der Waals surface area contributed by atoms with Gasteiger partial charge in [-0.2, -0.15) is 0 Å². The summed E-state index contributed by atoms with van der Waals surface area (Å²) in [6, 6.07) is 2.52. The fourth-order valence-corrected chi connectivity index (χ4v) is 3.20. The predicted molar refractivity (Wildman–Crippen MR) is 68.8 cm³/mol. The van der Waals surface area contributed by atoms with E-state index in [4.69, 9.17) is 0 Å². The average molecular weight is 270 g/mol. The van der Waals surface area contributed by atoms with E-state index in [1.165, 1.54) is 31.2 Å². The lowest BCUT2D eigenvalue weighted by Crippen LogP contribution is -2.35. The van der Waals surface area contributed by atoms with Gasteiger partial charge in [0, 0.05) is 18.3 Å². The molecule has 100 valence electrons. The summed E-state index contributed by atoms with van der Waals surface area (Å²) in [5.41, 5.74) is -0.307. The molecule has 1 fully saturated rings. The standard InChI is InChI=1S/C12H18N2O3S/c1-2-10(7-9-3-4-9)14-18(16,17)11-5-6-12(15)13-8-11/h5-6,8-10,14H,2-4,7H2,1H3,(H,13,15). The number of rotatable bonds is 6. The third kappa shape index (κ3) is 3.43. The summed E-state index contributed by atoms with van der Waals surface area (Å²) in [5, 5.41) is 0. The highest BCUT2D eigenvalue weighted by atomic mass is 32.2. The molecule has 0 radical (unpaired) electrons. The molecule has 0 bridgehead atoms. The second-order valence-corrected chi connectivity index (χ2v) is 6.51. The SMILES string of the molecule is CCC(CC1CC1)NS(=O)(=O)c1ccc(=O)[nH]c1. The molecule has 18 heavy (non-hydrogen) atoms. The minimum absolute atomic E-state index is 0.0190. The Labute approximate surface area is 107 Å². The van der Waals surface area contributed by atoms with Crippen molar-refractivity contribution in [3.05, 3.63) is 28.7 Å². The second-order valence-electron chi connectivity index (χ2n) is 4.79. The van der Waals surface area contributed by atoms with Gasteiger partial charge in [-0.1, -0.05) is 19.8 Å². The van der Waals surface area contributed by atoms with E-state index in [0.717, 1.165) is 12.8 Å². The Kier molecular flexibility index (Phi) is 3.87. The van der Waals surface area contributed by atoms with Crippen LogP contribution in [0.25, 0.3) is 0 Å². The summed E-state index contributed by atoms with van der Waals surface area (Å²) >= 11 is 0. The number of nitrogens with one attached hydrogen (secondary N) is 2. The summed E-state index contributed by atoms with van der Waals surface area (Å²) in [5.74, 6) is 0.674. The van der Waals surface area contributed by atoms with Gasteiger partial charge < -0.3 is 4.98 Å². The molecule has 0 spiro atoms. The average Bonchev–Trinajstić information content (AvgIpc) is 3.12. The molecule has 0 amide bonds. The molecule has 2 rings (SSSR count). The van der Waals surface area contributed by atoms with Gasteiger partial charge in [0.1, 0.15) is 0 Å². The minimum atomic E-state index is -3.53. The van der Waals surface area contributed by atoms with Crippen LogP contribution in [0, 0.1) is 5.92 Å². The van der Waals surface area contributed by atoms with Crippen LogP contribution in [0.1, 0.15) is 32.6 Å². The first-order valence-electron chi connectivity index (χ1n) is 6.22. The topological polar surface area (TPSA) is 79.0 Å². The molecule has 2 N–H and O–H groups in total. The zero-order valence-electron chi connectivity index (χ0n) is 10.3. The highest BCUT2D eigenvalue weighted by Crippen LogP contribution is 2.34. The van der Waals surface area contributed by atoms with Gasteiger partial charge in [-0.25, -0.2) is 13.1 Å². The van der Waals surface area contributed by atoms with Crippen LogP contribution in [0.3, 0.4) is 0 Å². The molecule has 1 unspecified atom stereocenters. The van der Waals surface area contributed by atoms with E-state index in [9.17, 15) is 13.2 Å². The Morgan fingerprint density at radius 2 is 2.17 bits per heavy atom. The lowest BCUT2D eigenvalue weighted by atomic mass is 10.1. The van der Waals surface area contributed by atoms with Crippen molar-refractivity contribution in [2.75, 3.05) is 0 Å². The van der Waals surface area contributed by atoms with Gasteiger partial charge in [0.15, 0.2) is 0 Å².